The van der Waals surface area contributed by atoms with Crippen molar-refractivity contribution in [1.29, 1.82) is 0 Å². The number of hydrogen-bond donors (Lipinski definition) is 2. The number of rotatable bonds is 5. The number of aryl methyl sites for hydroxylation is 1. The first-order valence-electron chi connectivity index (χ1n) is 7.64. The van der Waals surface area contributed by atoms with E-state index in [-0.39, 0.29) is 37.0 Å². The van der Waals surface area contributed by atoms with E-state index in [4.69, 9.17) is 4.52 Å². The van der Waals surface area contributed by atoms with Crippen molar-refractivity contribution in [3.63, 3.8) is 0 Å². The molecule has 0 radical (unpaired) electrons. The minimum Gasteiger partial charge on any atom is -0.392 e. The number of halogens is 2. The van der Waals surface area contributed by atoms with Crippen LogP contribution in [-0.2, 0) is 0 Å². The second kappa shape index (κ2) is 9.34. The zero-order valence-electron chi connectivity index (χ0n) is 13.8. The van der Waals surface area contributed by atoms with Gasteiger partial charge < -0.3 is 14.9 Å². The van der Waals surface area contributed by atoms with E-state index in [1.165, 1.54) is 5.56 Å². The van der Waals surface area contributed by atoms with Crippen LogP contribution in [0, 0.1) is 6.92 Å². The molecule has 2 heterocycles. The molecular weight excluding hydrogens is 351 g/mol. The lowest BCUT2D eigenvalue weighted by Gasteiger charge is -2.23. The van der Waals surface area contributed by atoms with Gasteiger partial charge in [0.05, 0.1) is 6.10 Å². The summed E-state index contributed by atoms with van der Waals surface area (Å²) in [7, 11) is 1.96. The molecule has 0 saturated carbocycles. The maximum atomic E-state index is 9.66. The molecule has 134 valence electrons. The molecule has 0 spiro atoms. The number of β-amino-alcohol motifs (C(OH)–C–C–N with tert-alkyl or cyclic N) is 1. The summed E-state index contributed by atoms with van der Waals surface area (Å²) < 4.78 is 5.05. The molecule has 8 heteroatoms. The summed E-state index contributed by atoms with van der Waals surface area (Å²) in [6.07, 6.45) is 0.671. The van der Waals surface area contributed by atoms with Crippen molar-refractivity contribution in [2.45, 2.75) is 25.5 Å². The first kappa shape index (κ1) is 20.9. The Hall–Kier alpha value is -1.18. The third-order valence-corrected chi connectivity index (χ3v) is 4.11. The fourth-order valence-corrected chi connectivity index (χ4v) is 2.91. The van der Waals surface area contributed by atoms with Gasteiger partial charge in [-0.15, -0.1) is 24.8 Å². The summed E-state index contributed by atoms with van der Waals surface area (Å²) in [5, 5.41) is 17.0. The Labute approximate surface area is 154 Å². The van der Waals surface area contributed by atoms with Crippen molar-refractivity contribution in [2.24, 2.45) is 0 Å². The Balaban J connectivity index is 0.00000144. The number of likely N-dealkylation sites (tertiary alicyclic amines) is 1. The monoisotopic (exact) mass is 374 g/mol. The number of likely N-dealkylation sites (N-methyl/N-ethyl adjacent to an activating group) is 1. The van der Waals surface area contributed by atoms with Gasteiger partial charge in [0.1, 0.15) is 0 Å². The summed E-state index contributed by atoms with van der Waals surface area (Å²) in [4.78, 5) is 6.57. The van der Waals surface area contributed by atoms with Gasteiger partial charge in [-0.2, -0.15) is 4.98 Å². The molecular formula is C16H24Cl2N4O2. The zero-order chi connectivity index (χ0) is 15.5. The molecule has 2 aromatic rings. The molecule has 1 aromatic heterocycles. The Morgan fingerprint density at radius 3 is 2.79 bits per heavy atom. The van der Waals surface area contributed by atoms with Gasteiger partial charge in [-0.1, -0.05) is 23.4 Å². The van der Waals surface area contributed by atoms with Crippen molar-refractivity contribution in [2.75, 3.05) is 26.7 Å². The van der Waals surface area contributed by atoms with Crippen molar-refractivity contribution in [3.8, 4) is 11.4 Å². The van der Waals surface area contributed by atoms with Gasteiger partial charge in [0.15, 0.2) is 0 Å². The van der Waals surface area contributed by atoms with Gasteiger partial charge in [-0.25, -0.2) is 0 Å². The van der Waals surface area contributed by atoms with Gasteiger partial charge in [-0.3, -0.25) is 4.90 Å². The fraction of sp³-hybridized carbons (Fsp3) is 0.500. The van der Waals surface area contributed by atoms with Crippen LogP contribution in [0.15, 0.2) is 28.8 Å². The molecule has 1 aliphatic heterocycles. The number of aliphatic hydroxyl groups excluding tert-OH is 1. The normalized spacial score (nSPS) is 18.7. The second-order valence-corrected chi connectivity index (χ2v) is 5.81. The fourth-order valence-electron chi connectivity index (χ4n) is 2.91. The molecule has 0 bridgehead atoms. The van der Waals surface area contributed by atoms with Crippen LogP contribution in [0.4, 0.5) is 0 Å². The smallest absolute Gasteiger partial charge is 0.223 e. The predicted octanol–water partition coefficient (Wildman–Crippen LogP) is 2.22. The highest BCUT2D eigenvalue weighted by Crippen LogP contribution is 2.23. The Kier molecular flexibility index (Phi) is 8.12. The summed E-state index contributed by atoms with van der Waals surface area (Å²) in [5.41, 5.74) is 2.14. The third kappa shape index (κ3) is 4.91. The van der Waals surface area contributed by atoms with Crippen LogP contribution < -0.4 is 5.32 Å². The molecule has 1 saturated heterocycles. The lowest BCUT2D eigenvalue weighted by molar-refractivity contribution is 0.173. The first-order valence-corrected chi connectivity index (χ1v) is 7.64. The molecule has 3 rings (SSSR count). The van der Waals surface area contributed by atoms with E-state index in [2.05, 4.69) is 32.5 Å². The van der Waals surface area contributed by atoms with Gasteiger partial charge in [0.25, 0.3) is 0 Å². The predicted molar refractivity (Wildman–Crippen MR) is 97.8 cm³/mol. The zero-order valence-corrected chi connectivity index (χ0v) is 15.4. The van der Waals surface area contributed by atoms with Crippen LogP contribution in [0.1, 0.15) is 23.9 Å². The van der Waals surface area contributed by atoms with Crippen LogP contribution in [-0.4, -0.2) is 52.9 Å². The van der Waals surface area contributed by atoms with Crippen LogP contribution >= 0.6 is 24.8 Å². The topological polar surface area (TPSA) is 74.4 Å². The molecule has 1 aliphatic rings. The SMILES string of the molecule is CN[C@@H](CN1CC[C@H](O)C1)c1cccc(-c2noc(C)n2)c1.Cl.Cl. The molecule has 2 atom stereocenters. The highest BCUT2D eigenvalue weighted by molar-refractivity contribution is 5.85. The molecule has 1 fully saturated rings. The average Bonchev–Trinajstić information content (AvgIpc) is 3.13. The molecule has 0 aliphatic carbocycles. The number of benzene rings is 1. The number of hydrogen-bond acceptors (Lipinski definition) is 6. The van der Waals surface area contributed by atoms with Crippen LogP contribution in [0.2, 0.25) is 0 Å². The highest BCUT2D eigenvalue weighted by atomic mass is 35.5. The van der Waals surface area contributed by atoms with E-state index in [9.17, 15) is 5.11 Å². The van der Waals surface area contributed by atoms with Gasteiger partial charge in [0, 0.05) is 38.2 Å². The molecule has 6 nitrogen and oxygen atoms in total. The van der Waals surface area contributed by atoms with Crippen molar-refractivity contribution in [3.05, 3.63) is 35.7 Å². The molecule has 24 heavy (non-hydrogen) atoms. The van der Waals surface area contributed by atoms with Crippen molar-refractivity contribution < 1.29 is 9.63 Å². The van der Waals surface area contributed by atoms with Crippen molar-refractivity contribution >= 4 is 24.8 Å². The van der Waals surface area contributed by atoms with E-state index in [0.717, 1.165) is 31.6 Å². The number of aromatic nitrogens is 2. The quantitative estimate of drug-likeness (QED) is 0.835. The van der Waals surface area contributed by atoms with Gasteiger partial charge >= 0.3 is 0 Å². The summed E-state index contributed by atoms with van der Waals surface area (Å²) in [5.74, 6) is 1.18. The van der Waals surface area contributed by atoms with Crippen molar-refractivity contribution in [1.82, 2.24) is 20.4 Å². The standard InChI is InChI=1S/C16H22N4O2.2ClH/c1-11-18-16(19-22-11)13-5-3-4-12(8-13)15(17-2)10-20-7-6-14(21)9-20;;/h3-5,8,14-15,17,21H,6-7,9-10H2,1-2H3;2*1H/t14-,15-;;/m0../s1. The summed E-state index contributed by atoms with van der Waals surface area (Å²) in [6, 6.07) is 8.40. The number of nitrogens with one attached hydrogen (secondary N) is 1. The molecule has 0 amide bonds. The second-order valence-electron chi connectivity index (χ2n) is 5.81. The Morgan fingerprint density at radius 2 is 2.21 bits per heavy atom. The highest BCUT2D eigenvalue weighted by Gasteiger charge is 2.23. The van der Waals surface area contributed by atoms with Crippen LogP contribution in [0.3, 0.4) is 0 Å². The average molecular weight is 375 g/mol. The molecule has 2 N–H and O–H groups in total. The van der Waals surface area contributed by atoms with E-state index in [0.29, 0.717) is 11.7 Å². The lowest BCUT2D eigenvalue weighted by Crippen LogP contribution is -2.33. The molecule has 1 aromatic carbocycles. The lowest BCUT2D eigenvalue weighted by atomic mass is 10.0. The third-order valence-electron chi connectivity index (χ3n) is 4.11. The minimum atomic E-state index is -0.189. The summed E-state index contributed by atoms with van der Waals surface area (Å²) in [6.45, 7) is 4.36. The number of nitrogens with zero attached hydrogens (tertiary/aromatic N) is 3. The Bertz CT molecular complexity index is 638. The van der Waals surface area contributed by atoms with E-state index in [1.807, 2.05) is 19.2 Å². The first-order chi connectivity index (χ1) is 10.7. The van der Waals surface area contributed by atoms with E-state index < -0.39 is 0 Å². The molecule has 0 unspecified atom stereocenters. The van der Waals surface area contributed by atoms with Gasteiger partial charge in [0.2, 0.25) is 11.7 Å². The van der Waals surface area contributed by atoms with Crippen LogP contribution in [0.25, 0.3) is 11.4 Å². The van der Waals surface area contributed by atoms with Gasteiger partial charge in [-0.05, 0) is 25.1 Å². The van der Waals surface area contributed by atoms with Crippen LogP contribution in [0.5, 0.6) is 0 Å². The van der Waals surface area contributed by atoms with E-state index in [1.54, 1.807) is 6.92 Å². The summed E-state index contributed by atoms with van der Waals surface area (Å²) >= 11 is 0. The maximum absolute atomic E-state index is 9.66. The number of aliphatic hydroxyl groups is 1. The minimum absolute atomic E-state index is 0. The maximum Gasteiger partial charge on any atom is 0.223 e. The Morgan fingerprint density at radius 1 is 1.42 bits per heavy atom. The van der Waals surface area contributed by atoms with E-state index >= 15 is 0 Å². The largest absolute Gasteiger partial charge is 0.392 e.